The molecule has 2 N–H and O–H groups in total. The quantitative estimate of drug-likeness (QED) is 0.888. The monoisotopic (exact) mass is 286 g/mol. The van der Waals surface area contributed by atoms with Crippen molar-refractivity contribution in [2.75, 3.05) is 6.54 Å². The van der Waals surface area contributed by atoms with Crippen LogP contribution in [0.1, 0.15) is 35.4 Å². The first kappa shape index (κ1) is 13.7. The van der Waals surface area contributed by atoms with E-state index < -0.39 is 6.04 Å². The molecule has 0 aliphatic carbocycles. The van der Waals surface area contributed by atoms with Gasteiger partial charge in [0.1, 0.15) is 17.4 Å². The standard InChI is InChI=1S/C16H18N2O3/c1-10-9-11-5-4-6-12(14(11)21-10)15(19)18-13-7-2-3-8-17-16(13)20/h4-6,9,13H,2-3,7-8H2,1H3,(H,17,20)(H,18,19)/t13-/m0/s1. The number of carbonyl (C=O) groups is 2. The molecule has 0 bridgehead atoms. The maximum absolute atomic E-state index is 12.4. The summed E-state index contributed by atoms with van der Waals surface area (Å²) < 4.78 is 5.60. The molecule has 1 aromatic heterocycles. The molecular weight excluding hydrogens is 268 g/mol. The number of para-hydroxylation sites is 1. The summed E-state index contributed by atoms with van der Waals surface area (Å²) in [5.74, 6) is 0.387. The molecule has 2 amide bonds. The normalized spacial score (nSPS) is 19.1. The fourth-order valence-electron chi connectivity index (χ4n) is 2.68. The summed E-state index contributed by atoms with van der Waals surface area (Å²) in [4.78, 5) is 24.3. The highest BCUT2D eigenvalue weighted by Gasteiger charge is 2.24. The predicted octanol–water partition coefficient (Wildman–Crippen LogP) is 2.14. The molecule has 5 heteroatoms. The van der Waals surface area contributed by atoms with Gasteiger partial charge in [0.25, 0.3) is 5.91 Å². The van der Waals surface area contributed by atoms with Gasteiger partial charge in [-0.2, -0.15) is 0 Å². The molecule has 5 nitrogen and oxygen atoms in total. The van der Waals surface area contributed by atoms with Gasteiger partial charge in [-0.3, -0.25) is 9.59 Å². The number of carbonyl (C=O) groups excluding carboxylic acids is 2. The zero-order valence-corrected chi connectivity index (χ0v) is 11.9. The van der Waals surface area contributed by atoms with Crippen LogP contribution in [-0.2, 0) is 4.79 Å². The van der Waals surface area contributed by atoms with E-state index in [0.717, 1.165) is 24.0 Å². The molecule has 1 aromatic carbocycles. The summed E-state index contributed by atoms with van der Waals surface area (Å²) in [6.45, 7) is 2.53. The Bertz CT molecular complexity index is 690. The van der Waals surface area contributed by atoms with Crippen molar-refractivity contribution in [3.8, 4) is 0 Å². The van der Waals surface area contributed by atoms with Gasteiger partial charge in [0.15, 0.2) is 0 Å². The van der Waals surface area contributed by atoms with Crippen LogP contribution in [0.4, 0.5) is 0 Å². The average molecular weight is 286 g/mol. The van der Waals surface area contributed by atoms with Gasteiger partial charge < -0.3 is 15.1 Å². The lowest BCUT2D eigenvalue weighted by Crippen LogP contribution is -2.45. The number of fused-ring (bicyclic) bond motifs is 1. The van der Waals surface area contributed by atoms with E-state index in [-0.39, 0.29) is 11.8 Å². The van der Waals surface area contributed by atoms with E-state index in [1.807, 2.05) is 25.1 Å². The lowest BCUT2D eigenvalue weighted by molar-refractivity contribution is -0.122. The van der Waals surface area contributed by atoms with Crippen LogP contribution >= 0.6 is 0 Å². The number of hydrogen-bond donors (Lipinski definition) is 2. The van der Waals surface area contributed by atoms with E-state index in [9.17, 15) is 9.59 Å². The van der Waals surface area contributed by atoms with E-state index in [4.69, 9.17) is 4.42 Å². The van der Waals surface area contributed by atoms with Crippen LogP contribution in [0.3, 0.4) is 0 Å². The number of benzene rings is 1. The van der Waals surface area contributed by atoms with Gasteiger partial charge in [0, 0.05) is 11.9 Å². The second kappa shape index (κ2) is 5.60. The topological polar surface area (TPSA) is 71.3 Å². The number of furan rings is 1. The fraction of sp³-hybridized carbons (Fsp3) is 0.375. The van der Waals surface area contributed by atoms with Crippen molar-refractivity contribution in [1.82, 2.24) is 10.6 Å². The minimum absolute atomic E-state index is 0.108. The van der Waals surface area contributed by atoms with Crippen molar-refractivity contribution < 1.29 is 14.0 Å². The minimum Gasteiger partial charge on any atom is -0.461 e. The highest BCUT2D eigenvalue weighted by Crippen LogP contribution is 2.23. The maximum Gasteiger partial charge on any atom is 0.255 e. The van der Waals surface area contributed by atoms with Crippen molar-refractivity contribution in [3.63, 3.8) is 0 Å². The zero-order chi connectivity index (χ0) is 14.8. The van der Waals surface area contributed by atoms with Gasteiger partial charge in [-0.1, -0.05) is 12.1 Å². The van der Waals surface area contributed by atoms with E-state index >= 15 is 0 Å². The van der Waals surface area contributed by atoms with Gasteiger partial charge in [-0.05, 0) is 38.3 Å². The second-order valence-electron chi connectivity index (χ2n) is 5.39. The lowest BCUT2D eigenvalue weighted by Gasteiger charge is -2.15. The summed E-state index contributed by atoms with van der Waals surface area (Å²) in [6, 6.07) is 6.87. The van der Waals surface area contributed by atoms with Crippen LogP contribution in [0.25, 0.3) is 11.0 Å². The average Bonchev–Trinajstić information content (AvgIpc) is 2.73. The number of nitrogens with one attached hydrogen (secondary N) is 2. The molecule has 2 heterocycles. The molecule has 0 saturated carbocycles. The van der Waals surface area contributed by atoms with Crippen LogP contribution < -0.4 is 10.6 Å². The molecule has 2 aromatic rings. The maximum atomic E-state index is 12.4. The van der Waals surface area contributed by atoms with Gasteiger partial charge in [0.05, 0.1) is 5.56 Å². The highest BCUT2D eigenvalue weighted by atomic mass is 16.3. The minimum atomic E-state index is -0.466. The highest BCUT2D eigenvalue weighted by molar-refractivity contribution is 6.06. The van der Waals surface area contributed by atoms with Crippen molar-refractivity contribution in [1.29, 1.82) is 0 Å². The molecule has 0 radical (unpaired) electrons. The summed E-state index contributed by atoms with van der Waals surface area (Å²) in [5, 5.41) is 6.52. The van der Waals surface area contributed by atoms with E-state index in [1.165, 1.54) is 0 Å². The van der Waals surface area contributed by atoms with Crippen LogP contribution in [0.15, 0.2) is 28.7 Å². The summed E-state index contributed by atoms with van der Waals surface area (Å²) >= 11 is 0. The Kier molecular flexibility index (Phi) is 3.64. The molecule has 1 aliphatic heterocycles. The molecule has 1 aliphatic rings. The molecule has 21 heavy (non-hydrogen) atoms. The summed E-state index contributed by atoms with van der Waals surface area (Å²) in [6.07, 6.45) is 2.55. The van der Waals surface area contributed by atoms with Gasteiger partial charge in [-0.25, -0.2) is 0 Å². The fourth-order valence-corrected chi connectivity index (χ4v) is 2.68. The van der Waals surface area contributed by atoms with Gasteiger partial charge >= 0.3 is 0 Å². The first-order chi connectivity index (χ1) is 10.1. The Labute approximate surface area is 122 Å². The molecular formula is C16H18N2O3. The Morgan fingerprint density at radius 1 is 1.38 bits per heavy atom. The van der Waals surface area contributed by atoms with Crippen molar-refractivity contribution in [2.24, 2.45) is 0 Å². The number of aryl methyl sites for hydroxylation is 1. The second-order valence-corrected chi connectivity index (χ2v) is 5.39. The number of rotatable bonds is 2. The Hall–Kier alpha value is -2.30. The third kappa shape index (κ3) is 2.77. The third-order valence-corrected chi connectivity index (χ3v) is 3.75. The molecule has 0 spiro atoms. The van der Waals surface area contributed by atoms with E-state index in [2.05, 4.69) is 10.6 Å². The van der Waals surface area contributed by atoms with Gasteiger partial charge in [0.2, 0.25) is 5.91 Å². The predicted molar refractivity (Wildman–Crippen MR) is 79.1 cm³/mol. The number of hydrogen-bond acceptors (Lipinski definition) is 3. The van der Waals surface area contributed by atoms with Crippen molar-refractivity contribution in [3.05, 3.63) is 35.6 Å². The molecule has 1 atom stereocenters. The van der Waals surface area contributed by atoms with Crippen molar-refractivity contribution >= 4 is 22.8 Å². The zero-order valence-electron chi connectivity index (χ0n) is 11.9. The van der Waals surface area contributed by atoms with Gasteiger partial charge in [-0.15, -0.1) is 0 Å². The first-order valence-corrected chi connectivity index (χ1v) is 7.23. The molecule has 1 saturated heterocycles. The summed E-state index contributed by atoms with van der Waals surface area (Å²) in [5.41, 5.74) is 1.04. The number of amides is 2. The first-order valence-electron chi connectivity index (χ1n) is 7.23. The Morgan fingerprint density at radius 2 is 2.24 bits per heavy atom. The SMILES string of the molecule is Cc1cc2cccc(C(=O)N[C@H]3CCCCNC3=O)c2o1. The molecule has 1 fully saturated rings. The van der Waals surface area contributed by atoms with Crippen molar-refractivity contribution in [2.45, 2.75) is 32.2 Å². The molecule has 3 rings (SSSR count). The summed E-state index contributed by atoms with van der Waals surface area (Å²) in [7, 11) is 0. The Balaban J connectivity index is 1.85. The Morgan fingerprint density at radius 3 is 3.10 bits per heavy atom. The van der Waals surface area contributed by atoms with E-state index in [1.54, 1.807) is 6.07 Å². The lowest BCUT2D eigenvalue weighted by atomic mass is 10.1. The van der Waals surface area contributed by atoms with Crippen LogP contribution in [0.5, 0.6) is 0 Å². The molecule has 110 valence electrons. The van der Waals surface area contributed by atoms with Crippen LogP contribution in [0.2, 0.25) is 0 Å². The largest absolute Gasteiger partial charge is 0.461 e. The van der Waals surface area contributed by atoms with Crippen LogP contribution in [0, 0.1) is 6.92 Å². The van der Waals surface area contributed by atoms with Crippen LogP contribution in [-0.4, -0.2) is 24.4 Å². The third-order valence-electron chi connectivity index (χ3n) is 3.75. The smallest absolute Gasteiger partial charge is 0.255 e. The van der Waals surface area contributed by atoms with E-state index in [0.29, 0.717) is 24.1 Å². The molecule has 0 unspecified atom stereocenters.